The number of Topliss-reactive ketones (excluding diaryl/α,β-unsaturated/α-hetero) is 1. The van der Waals surface area contributed by atoms with Gasteiger partial charge in [-0.2, -0.15) is 4.31 Å². The van der Waals surface area contributed by atoms with E-state index in [2.05, 4.69) is 18.3 Å². The lowest BCUT2D eigenvalue weighted by Gasteiger charge is -2.34. The molecule has 17 nitrogen and oxygen atoms in total. The summed E-state index contributed by atoms with van der Waals surface area (Å²) in [5, 5.41) is 29.5. The van der Waals surface area contributed by atoms with Crippen molar-refractivity contribution in [2.45, 2.75) is 63.3 Å². The van der Waals surface area contributed by atoms with E-state index in [4.69, 9.17) is 9.47 Å². The van der Waals surface area contributed by atoms with E-state index in [1.807, 2.05) is 0 Å². The fourth-order valence-corrected chi connectivity index (χ4v) is 5.46. The van der Waals surface area contributed by atoms with Crippen molar-refractivity contribution in [2.75, 3.05) is 6.61 Å². The molecule has 1 aromatic rings. The number of carbonyl (C=O) groups excluding carboxylic acids is 1. The minimum absolute atomic E-state index is 0.159. The van der Waals surface area contributed by atoms with Gasteiger partial charge in [-0.15, -0.1) is 0 Å². The van der Waals surface area contributed by atoms with Crippen molar-refractivity contribution < 1.29 is 61.9 Å². The van der Waals surface area contributed by atoms with Gasteiger partial charge in [-0.1, -0.05) is 0 Å². The Labute approximate surface area is 196 Å². The number of aliphatic hydroxyl groups excluding tert-OH is 3. The second kappa shape index (κ2) is 10.4. The number of phosphoric acid groups is 2. The van der Waals surface area contributed by atoms with E-state index < -0.39 is 82.3 Å². The molecule has 2 saturated heterocycles. The van der Waals surface area contributed by atoms with Crippen LogP contribution in [0.4, 0.5) is 0 Å². The number of carbonyl (C=O) groups is 1. The molecule has 3 heterocycles. The van der Waals surface area contributed by atoms with Crippen LogP contribution in [0, 0.1) is 6.92 Å². The summed E-state index contributed by atoms with van der Waals surface area (Å²) in [5.74, 6) is -0.921. The molecule has 1 aromatic heterocycles. The summed E-state index contributed by atoms with van der Waals surface area (Å²) >= 11 is 0. The third kappa shape index (κ3) is 6.60. The number of nitrogens with one attached hydrogen (secondary N) is 1. The molecule has 9 atom stereocenters. The number of hydrogen-bond donors (Lipinski definition) is 6. The molecule has 0 radical (unpaired) electrons. The van der Waals surface area contributed by atoms with Gasteiger partial charge >= 0.3 is 21.3 Å². The SMILES string of the molecule is Cc1cn([C@H]2C[C@H](O)[C@@H](COP(=O)(O)OP(=O)(O)O[C@H]3O[C@@H](C)C(=O)[C@@H](O)[C@H]3O)O2)c(=O)[nH]c1=O. The number of hydrogen-bond acceptors (Lipinski definition) is 13. The van der Waals surface area contributed by atoms with Gasteiger partial charge in [0.25, 0.3) is 5.56 Å². The number of aromatic amines is 1. The zero-order valence-electron chi connectivity index (χ0n) is 18.2. The number of H-pyrrole nitrogens is 1. The smallest absolute Gasteiger partial charge is 0.390 e. The first-order valence-electron chi connectivity index (χ1n) is 10.0. The van der Waals surface area contributed by atoms with Gasteiger partial charge in [0.15, 0.2) is 12.1 Å². The van der Waals surface area contributed by atoms with Gasteiger partial charge in [0.2, 0.25) is 0 Å². The fourth-order valence-electron chi connectivity index (χ4n) is 3.30. The van der Waals surface area contributed by atoms with E-state index >= 15 is 0 Å². The van der Waals surface area contributed by atoms with Gasteiger partial charge in [-0.25, -0.2) is 13.9 Å². The Morgan fingerprint density at radius 3 is 2.46 bits per heavy atom. The van der Waals surface area contributed by atoms with Crippen molar-refractivity contribution in [1.82, 2.24) is 9.55 Å². The third-order valence-corrected chi connectivity index (χ3v) is 7.74. The molecule has 19 heteroatoms. The maximum absolute atomic E-state index is 12.1. The Hall–Kier alpha value is -1.59. The lowest BCUT2D eigenvalue weighted by atomic mass is 10.0. The number of aliphatic hydroxyl groups is 3. The summed E-state index contributed by atoms with van der Waals surface area (Å²) in [4.78, 5) is 56.7. The van der Waals surface area contributed by atoms with Crippen LogP contribution < -0.4 is 11.2 Å². The van der Waals surface area contributed by atoms with Crippen LogP contribution in [-0.4, -0.2) is 83.9 Å². The molecule has 198 valence electrons. The summed E-state index contributed by atoms with van der Waals surface area (Å²) in [5.41, 5.74) is -1.24. The molecule has 2 unspecified atom stereocenters. The van der Waals surface area contributed by atoms with Gasteiger partial charge < -0.3 is 34.6 Å². The van der Waals surface area contributed by atoms with Crippen molar-refractivity contribution >= 4 is 21.4 Å². The van der Waals surface area contributed by atoms with E-state index in [1.54, 1.807) is 0 Å². The molecule has 0 amide bonds. The number of ether oxygens (including phenoxy) is 2. The Morgan fingerprint density at radius 2 is 1.80 bits per heavy atom. The molecule has 6 N–H and O–H groups in total. The second-order valence-electron chi connectivity index (χ2n) is 7.82. The largest absolute Gasteiger partial charge is 0.483 e. The van der Waals surface area contributed by atoms with Crippen molar-refractivity contribution in [1.29, 1.82) is 0 Å². The highest BCUT2D eigenvalue weighted by Gasteiger charge is 2.47. The molecule has 0 aliphatic carbocycles. The van der Waals surface area contributed by atoms with Crippen molar-refractivity contribution in [3.63, 3.8) is 0 Å². The molecule has 2 fully saturated rings. The van der Waals surface area contributed by atoms with Crippen LogP contribution in [0.3, 0.4) is 0 Å². The molecule has 0 aromatic carbocycles. The first-order valence-corrected chi connectivity index (χ1v) is 13.0. The number of rotatable bonds is 8. The summed E-state index contributed by atoms with van der Waals surface area (Å²) in [6.45, 7) is 1.76. The lowest BCUT2D eigenvalue weighted by molar-refractivity contribution is -0.226. The first kappa shape index (κ1) is 28.0. The maximum Gasteiger partial charge on any atom is 0.483 e. The number of ketones is 1. The van der Waals surface area contributed by atoms with Crippen LogP contribution in [0.5, 0.6) is 0 Å². The van der Waals surface area contributed by atoms with Crippen LogP contribution in [0.2, 0.25) is 0 Å². The second-order valence-corrected chi connectivity index (χ2v) is 10.8. The molecule has 0 bridgehead atoms. The van der Waals surface area contributed by atoms with Crippen LogP contribution >= 0.6 is 15.6 Å². The molecular formula is C16H24N2O15P2. The monoisotopic (exact) mass is 546 g/mol. The van der Waals surface area contributed by atoms with Crippen LogP contribution in [0.15, 0.2) is 15.8 Å². The molecule has 2 aliphatic heterocycles. The highest BCUT2D eigenvalue weighted by molar-refractivity contribution is 7.61. The van der Waals surface area contributed by atoms with Crippen LogP contribution in [0.1, 0.15) is 25.1 Å². The van der Waals surface area contributed by atoms with Gasteiger partial charge in [0, 0.05) is 18.2 Å². The summed E-state index contributed by atoms with van der Waals surface area (Å²) in [6.07, 6.45) is -10.1. The quantitative estimate of drug-likeness (QED) is 0.189. The predicted molar refractivity (Wildman–Crippen MR) is 110 cm³/mol. The topological polar surface area (TPSA) is 253 Å². The van der Waals surface area contributed by atoms with Gasteiger partial charge in [0.05, 0.1) is 12.7 Å². The summed E-state index contributed by atoms with van der Waals surface area (Å²) in [7, 11) is -10.8. The van der Waals surface area contributed by atoms with Gasteiger partial charge in [-0.05, 0) is 13.8 Å². The molecule has 0 spiro atoms. The van der Waals surface area contributed by atoms with E-state index in [0.29, 0.717) is 0 Å². The van der Waals surface area contributed by atoms with Crippen LogP contribution in [0.25, 0.3) is 0 Å². The van der Waals surface area contributed by atoms with E-state index in [1.165, 1.54) is 20.0 Å². The lowest BCUT2D eigenvalue weighted by Crippen LogP contribution is -2.54. The Morgan fingerprint density at radius 1 is 1.14 bits per heavy atom. The molecule has 3 rings (SSSR count). The molecule has 35 heavy (non-hydrogen) atoms. The third-order valence-electron chi connectivity index (χ3n) is 5.14. The van der Waals surface area contributed by atoms with Crippen molar-refractivity contribution in [3.05, 3.63) is 32.6 Å². The number of aryl methyl sites for hydroxylation is 1. The highest BCUT2D eigenvalue weighted by Crippen LogP contribution is 2.61. The normalized spacial score (nSPS) is 34.9. The minimum atomic E-state index is -5.47. The van der Waals surface area contributed by atoms with Gasteiger partial charge in [0.1, 0.15) is 30.6 Å². The van der Waals surface area contributed by atoms with Crippen molar-refractivity contribution in [2.24, 2.45) is 0 Å². The Bertz CT molecular complexity index is 1170. The Kier molecular flexibility index (Phi) is 8.33. The van der Waals surface area contributed by atoms with Gasteiger partial charge in [-0.3, -0.25) is 28.2 Å². The summed E-state index contributed by atoms with van der Waals surface area (Å²) in [6, 6.07) is 0. The zero-order chi connectivity index (χ0) is 26.3. The van der Waals surface area contributed by atoms with E-state index in [-0.39, 0.29) is 12.0 Å². The Balaban J connectivity index is 1.59. The average molecular weight is 546 g/mol. The molecule has 2 aliphatic rings. The predicted octanol–water partition coefficient (Wildman–Crippen LogP) is -2.22. The first-order chi connectivity index (χ1) is 16.1. The fraction of sp³-hybridized carbons (Fsp3) is 0.688. The standard InChI is InChI=1S/C16H24N2O15P2/c1-6-4-18(16(24)17-14(6)23)10-3-8(19)9(31-10)5-29-34(25,26)33-35(27,28)32-15-13(22)12(21)11(20)7(2)30-15/h4,7-10,12-13,15,19,21-22H,3,5H2,1-2H3,(H,25,26)(H,27,28)(H,17,23,24)/t7-,8-,9+,10+,12+,13+,15+/m0/s1. The average Bonchev–Trinajstić information content (AvgIpc) is 3.11. The molecule has 0 saturated carbocycles. The number of phosphoric ester groups is 2. The number of nitrogens with zero attached hydrogens (tertiary/aromatic N) is 1. The summed E-state index contributed by atoms with van der Waals surface area (Å²) < 4.78 is 48.7. The number of aromatic nitrogens is 2. The van der Waals surface area contributed by atoms with E-state index in [9.17, 15) is 48.6 Å². The highest BCUT2D eigenvalue weighted by atomic mass is 31.3. The molecular weight excluding hydrogens is 522 g/mol. The maximum atomic E-state index is 12.1. The van der Waals surface area contributed by atoms with Crippen molar-refractivity contribution in [3.8, 4) is 0 Å². The van der Waals surface area contributed by atoms with E-state index in [0.717, 1.165) is 4.57 Å². The van der Waals surface area contributed by atoms with Crippen LogP contribution in [-0.2, 0) is 36.8 Å². The minimum Gasteiger partial charge on any atom is -0.390 e. The zero-order valence-corrected chi connectivity index (χ0v) is 20.0.